The summed E-state index contributed by atoms with van der Waals surface area (Å²) in [6.45, 7) is 1.35. The minimum atomic E-state index is -0.364. The Bertz CT molecular complexity index is 785. The van der Waals surface area contributed by atoms with Crippen LogP contribution in [0.2, 0.25) is 0 Å². The number of carbonyl (C=O) groups is 1. The molecule has 0 bridgehead atoms. The molecule has 1 saturated heterocycles. The highest BCUT2D eigenvalue weighted by molar-refractivity contribution is 5.78. The first kappa shape index (κ1) is 17.2. The highest BCUT2D eigenvalue weighted by Crippen LogP contribution is 2.37. The van der Waals surface area contributed by atoms with Crippen LogP contribution in [0.1, 0.15) is 48.4 Å². The second-order valence-electron chi connectivity index (χ2n) is 7.15. The number of fused-ring (bicyclic) bond motifs is 1. The van der Waals surface area contributed by atoms with Crippen molar-refractivity contribution in [2.45, 2.75) is 44.2 Å². The van der Waals surface area contributed by atoms with E-state index in [2.05, 4.69) is 6.07 Å². The van der Waals surface area contributed by atoms with Gasteiger partial charge in [0.15, 0.2) is 0 Å². The number of amides is 1. The normalized spacial score (nSPS) is 22.7. The van der Waals surface area contributed by atoms with Crippen molar-refractivity contribution in [1.82, 2.24) is 4.90 Å². The molecule has 1 fully saturated rings. The van der Waals surface area contributed by atoms with Crippen molar-refractivity contribution < 1.29 is 13.9 Å². The van der Waals surface area contributed by atoms with E-state index in [9.17, 15) is 9.18 Å². The van der Waals surface area contributed by atoms with Gasteiger partial charge in [-0.3, -0.25) is 4.79 Å². The van der Waals surface area contributed by atoms with Crippen LogP contribution in [0.5, 0.6) is 0 Å². The third kappa shape index (κ3) is 3.38. The van der Waals surface area contributed by atoms with Gasteiger partial charge in [-0.25, -0.2) is 4.39 Å². The molecule has 0 N–H and O–H groups in total. The van der Waals surface area contributed by atoms with Crippen molar-refractivity contribution in [3.63, 3.8) is 0 Å². The van der Waals surface area contributed by atoms with Crippen molar-refractivity contribution in [2.24, 2.45) is 0 Å². The number of hydrogen-bond acceptors (Lipinski definition) is 2. The summed E-state index contributed by atoms with van der Waals surface area (Å²) in [4.78, 5) is 14.9. The lowest BCUT2D eigenvalue weighted by Gasteiger charge is -2.38. The molecule has 2 aliphatic heterocycles. The number of rotatable bonds is 3. The Morgan fingerprint density at radius 1 is 1.08 bits per heavy atom. The van der Waals surface area contributed by atoms with Crippen LogP contribution in [-0.4, -0.2) is 30.1 Å². The van der Waals surface area contributed by atoms with E-state index in [1.807, 2.05) is 29.2 Å². The molecule has 2 heterocycles. The summed E-state index contributed by atoms with van der Waals surface area (Å²) >= 11 is 0. The van der Waals surface area contributed by atoms with Crippen LogP contribution >= 0.6 is 0 Å². The standard InChI is InChI=1S/C22H24FNO2/c23-20-11-4-3-10-19(20)22-18-9-2-1-7-16(18)12-13-24(22)21(25)15-17-8-5-6-14-26-17/h1-4,7,9-11,17,22H,5-6,8,12-15H2. The Morgan fingerprint density at radius 3 is 2.62 bits per heavy atom. The second-order valence-corrected chi connectivity index (χ2v) is 7.15. The average Bonchev–Trinajstić information content (AvgIpc) is 2.68. The molecule has 0 saturated carbocycles. The third-order valence-corrected chi connectivity index (χ3v) is 5.48. The Balaban J connectivity index is 1.66. The first-order valence-electron chi connectivity index (χ1n) is 9.47. The van der Waals surface area contributed by atoms with Crippen LogP contribution in [0.15, 0.2) is 48.5 Å². The van der Waals surface area contributed by atoms with Gasteiger partial charge in [-0.05, 0) is 42.9 Å². The number of ether oxygens (including phenoxy) is 1. The van der Waals surface area contributed by atoms with E-state index in [-0.39, 0.29) is 23.9 Å². The minimum Gasteiger partial charge on any atom is -0.378 e. The Morgan fingerprint density at radius 2 is 1.85 bits per heavy atom. The fourth-order valence-electron chi connectivity index (χ4n) is 4.15. The molecule has 2 aromatic carbocycles. The average molecular weight is 353 g/mol. The lowest BCUT2D eigenvalue weighted by Crippen LogP contribution is -2.42. The summed E-state index contributed by atoms with van der Waals surface area (Å²) in [6, 6.07) is 14.5. The van der Waals surface area contributed by atoms with Crippen LogP contribution < -0.4 is 0 Å². The molecule has 4 heteroatoms. The number of carbonyl (C=O) groups excluding carboxylic acids is 1. The summed E-state index contributed by atoms with van der Waals surface area (Å²) in [6.07, 6.45) is 4.29. The maximum atomic E-state index is 14.6. The molecule has 2 aromatic rings. The van der Waals surface area contributed by atoms with Gasteiger partial charge in [0.25, 0.3) is 0 Å². The lowest BCUT2D eigenvalue weighted by molar-refractivity contribution is -0.137. The molecule has 0 aliphatic carbocycles. The second kappa shape index (κ2) is 7.58. The van der Waals surface area contributed by atoms with Gasteiger partial charge < -0.3 is 9.64 Å². The summed E-state index contributed by atoms with van der Waals surface area (Å²) < 4.78 is 20.4. The first-order chi connectivity index (χ1) is 12.7. The third-order valence-electron chi connectivity index (χ3n) is 5.48. The Kier molecular flexibility index (Phi) is 5.02. The molecule has 2 unspecified atom stereocenters. The van der Waals surface area contributed by atoms with Crippen LogP contribution in [0.4, 0.5) is 4.39 Å². The van der Waals surface area contributed by atoms with Crippen LogP contribution in [0.25, 0.3) is 0 Å². The molecular weight excluding hydrogens is 329 g/mol. The molecule has 136 valence electrons. The summed E-state index contributed by atoms with van der Waals surface area (Å²) in [5.74, 6) is -0.208. The Hall–Kier alpha value is -2.20. The van der Waals surface area contributed by atoms with E-state index in [1.54, 1.807) is 12.1 Å². The molecule has 0 spiro atoms. The van der Waals surface area contributed by atoms with Gasteiger partial charge in [0.05, 0.1) is 18.6 Å². The van der Waals surface area contributed by atoms with Gasteiger partial charge in [0, 0.05) is 18.7 Å². The van der Waals surface area contributed by atoms with Crippen molar-refractivity contribution in [2.75, 3.05) is 13.2 Å². The molecule has 0 aromatic heterocycles. The predicted molar refractivity (Wildman–Crippen MR) is 98.3 cm³/mol. The number of nitrogens with zero attached hydrogens (tertiary/aromatic N) is 1. The van der Waals surface area contributed by atoms with E-state index < -0.39 is 0 Å². The zero-order valence-corrected chi connectivity index (χ0v) is 14.9. The highest BCUT2D eigenvalue weighted by atomic mass is 19.1. The smallest absolute Gasteiger partial charge is 0.225 e. The summed E-state index contributed by atoms with van der Waals surface area (Å²) in [7, 11) is 0. The zero-order valence-electron chi connectivity index (χ0n) is 14.9. The van der Waals surface area contributed by atoms with Crippen molar-refractivity contribution in [3.05, 3.63) is 71.0 Å². The lowest BCUT2D eigenvalue weighted by atomic mass is 9.87. The molecular formula is C22H24FNO2. The van der Waals surface area contributed by atoms with E-state index in [4.69, 9.17) is 4.74 Å². The van der Waals surface area contributed by atoms with Crippen molar-refractivity contribution >= 4 is 5.91 Å². The predicted octanol–water partition coefficient (Wildman–Crippen LogP) is 4.26. The van der Waals surface area contributed by atoms with Crippen LogP contribution in [0.3, 0.4) is 0 Å². The van der Waals surface area contributed by atoms with E-state index >= 15 is 0 Å². The largest absolute Gasteiger partial charge is 0.378 e. The molecule has 2 atom stereocenters. The van der Waals surface area contributed by atoms with Crippen molar-refractivity contribution in [1.29, 1.82) is 0 Å². The first-order valence-corrected chi connectivity index (χ1v) is 9.47. The fourth-order valence-corrected chi connectivity index (χ4v) is 4.15. The van der Waals surface area contributed by atoms with Gasteiger partial charge in [-0.2, -0.15) is 0 Å². The fraction of sp³-hybridized carbons (Fsp3) is 0.409. The molecule has 1 amide bonds. The van der Waals surface area contributed by atoms with Gasteiger partial charge in [-0.1, -0.05) is 42.5 Å². The van der Waals surface area contributed by atoms with Gasteiger partial charge >= 0.3 is 0 Å². The molecule has 26 heavy (non-hydrogen) atoms. The van der Waals surface area contributed by atoms with Crippen LogP contribution in [-0.2, 0) is 16.0 Å². The van der Waals surface area contributed by atoms with Gasteiger partial charge in [0.2, 0.25) is 5.91 Å². The molecule has 4 rings (SSSR count). The minimum absolute atomic E-state index is 0.00492. The summed E-state index contributed by atoms with van der Waals surface area (Å²) in [5.41, 5.74) is 2.79. The van der Waals surface area contributed by atoms with E-state index in [0.29, 0.717) is 18.5 Å². The summed E-state index contributed by atoms with van der Waals surface area (Å²) in [5, 5.41) is 0. The molecule has 3 nitrogen and oxygen atoms in total. The van der Waals surface area contributed by atoms with Crippen LogP contribution in [0, 0.1) is 5.82 Å². The Labute approximate surface area is 153 Å². The monoisotopic (exact) mass is 353 g/mol. The number of halogens is 1. The maximum absolute atomic E-state index is 14.6. The highest BCUT2D eigenvalue weighted by Gasteiger charge is 2.34. The zero-order chi connectivity index (χ0) is 17.9. The number of benzene rings is 2. The quantitative estimate of drug-likeness (QED) is 0.825. The topological polar surface area (TPSA) is 29.5 Å². The van der Waals surface area contributed by atoms with Gasteiger partial charge in [-0.15, -0.1) is 0 Å². The number of hydrogen-bond donors (Lipinski definition) is 0. The van der Waals surface area contributed by atoms with Gasteiger partial charge in [0.1, 0.15) is 5.82 Å². The molecule has 2 aliphatic rings. The SMILES string of the molecule is O=C(CC1CCCCO1)N1CCc2ccccc2C1c1ccccc1F. The molecule has 0 radical (unpaired) electrons. The van der Waals surface area contributed by atoms with E-state index in [1.165, 1.54) is 11.6 Å². The van der Waals surface area contributed by atoms with E-state index in [0.717, 1.165) is 37.9 Å². The van der Waals surface area contributed by atoms with Crippen molar-refractivity contribution in [3.8, 4) is 0 Å². The maximum Gasteiger partial charge on any atom is 0.225 e.